The van der Waals surface area contributed by atoms with Crippen LogP contribution in [-0.4, -0.2) is 46.1 Å². The molecule has 1 amide bonds. The Morgan fingerprint density at radius 2 is 2.26 bits per heavy atom. The molecule has 2 atom stereocenters. The van der Waals surface area contributed by atoms with E-state index in [2.05, 4.69) is 24.1 Å². The third kappa shape index (κ3) is 1.89. The summed E-state index contributed by atoms with van der Waals surface area (Å²) in [6.45, 7) is 6.98. The molecule has 0 spiro atoms. The van der Waals surface area contributed by atoms with Gasteiger partial charge in [0.25, 0.3) is 5.91 Å². The van der Waals surface area contributed by atoms with E-state index in [1.807, 2.05) is 4.90 Å². The standard InChI is InChI=1S/C14H19N3O2/c1-14(2)12-7-16-5-10(12)8-17(14)13(19)9-3-11(18)6-15-4-9/h3-4,6,10,12,16,18H,5,7-8H2,1-2H3. The number of rotatable bonds is 1. The number of carbonyl (C=O) groups is 1. The van der Waals surface area contributed by atoms with Gasteiger partial charge in [0.15, 0.2) is 0 Å². The second-order valence-electron chi connectivity index (χ2n) is 6.03. The van der Waals surface area contributed by atoms with Crippen LogP contribution in [0, 0.1) is 11.8 Å². The van der Waals surface area contributed by atoms with Gasteiger partial charge in [-0.15, -0.1) is 0 Å². The summed E-state index contributed by atoms with van der Waals surface area (Å²) in [7, 11) is 0. The Kier molecular flexibility index (Phi) is 2.74. The lowest BCUT2D eigenvalue weighted by molar-refractivity contribution is 0.0602. The molecule has 2 aliphatic heterocycles. The average Bonchev–Trinajstić information content (AvgIpc) is 2.91. The number of hydrogen-bond acceptors (Lipinski definition) is 4. The minimum absolute atomic E-state index is 0.0321. The molecule has 1 aromatic rings. The average molecular weight is 261 g/mol. The lowest BCUT2D eigenvalue weighted by Crippen LogP contribution is -2.47. The monoisotopic (exact) mass is 261 g/mol. The van der Waals surface area contributed by atoms with E-state index in [-0.39, 0.29) is 17.2 Å². The van der Waals surface area contributed by atoms with Gasteiger partial charge >= 0.3 is 0 Å². The van der Waals surface area contributed by atoms with Crippen LogP contribution in [-0.2, 0) is 0 Å². The van der Waals surface area contributed by atoms with Crippen LogP contribution in [0.25, 0.3) is 0 Å². The van der Waals surface area contributed by atoms with E-state index in [1.54, 1.807) is 0 Å². The SMILES string of the molecule is CC1(C)C2CNCC2CN1C(=O)c1cncc(O)c1. The van der Waals surface area contributed by atoms with Gasteiger partial charge in [0, 0.05) is 31.4 Å². The maximum atomic E-state index is 12.6. The van der Waals surface area contributed by atoms with Gasteiger partial charge in [0.05, 0.1) is 11.8 Å². The molecule has 1 aromatic heterocycles. The molecule has 2 aliphatic rings. The van der Waals surface area contributed by atoms with E-state index < -0.39 is 0 Å². The third-order valence-electron chi connectivity index (χ3n) is 4.58. The summed E-state index contributed by atoms with van der Waals surface area (Å²) in [6, 6.07) is 1.48. The Morgan fingerprint density at radius 1 is 1.47 bits per heavy atom. The fourth-order valence-electron chi connectivity index (χ4n) is 3.47. The Hall–Kier alpha value is -1.62. The molecule has 2 fully saturated rings. The number of fused-ring (bicyclic) bond motifs is 1. The molecule has 2 N–H and O–H groups in total. The van der Waals surface area contributed by atoms with Crippen LogP contribution >= 0.6 is 0 Å². The van der Waals surface area contributed by atoms with Gasteiger partial charge in [-0.05, 0) is 31.7 Å². The molecule has 0 bridgehead atoms. The number of hydrogen-bond donors (Lipinski definition) is 2. The maximum Gasteiger partial charge on any atom is 0.256 e. The molecule has 102 valence electrons. The van der Waals surface area contributed by atoms with Crippen molar-refractivity contribution in [2.45, 2.75) is 19.4 Å². The van der Waals surface area contributed by atoms with E-state index in [0.717, 1.165) is 19.6 Å². The van der Waals surface area contributed by atoms with Gasteiger partial charge in [-0.3, -0.25) is 9.78 Å². The molecule has 0 saturated carbocycles. The van der Waals surface area contributed by atoms with Crippen LogP contribution in [0.15, 0.2) is 18.5 Å². The summed E-state index contributed by atoms with van der Waals surface area (Å²) < 4.78 is 0. The molecule has 0 radical (unpaired) electrons. The van der Waals surface area contributed by atoms with E-state index in [1.165, 1.54) is 18.5 Å². The number of amides is 1. The van der Waals surface area contributed by atoms with Gasteiger partial charge in [0.2, 0.25) is 0 Å². The van der Waals surface area contributed by atoms with Crippen LogP contribution < -0.4 is 5.32 Å². The van der Waals surface area contributed by atoms with Crippen LogP contribution in [0.5, 0.6) is 5.75 Å². The molecule has 2 saturated heterocycles. The number of aromatic hydroxyl groups is 1. The first-order valence-corrected chi connectivity index (χ1v) is 6.67. The van der Waals surface area contributed by atoms with E-state index >= 15 is 0 Å². The number of likely N-dealkylation sites (tertiary alicyclic amines) is 1. The maximum absolute atomic E-state index is 12.6. The normalized spacial score (nSPS) is 28.4. The fourth-order valence-corrected chi connectivity index (χ4v) is 3.47. The Labute approximate surface area is 112 Å². The zero-order valence-electron chi connectivity index (χ0n) is 11.3. The summed E-state index contributed by atoms with van der Waals surface area (Å²) in [5.41, 5.74) is 0.303. The van der Waals surface area contributed by atoms with Crippen LogP contribution in [0.2, 0.25) is 0 Å². The van der Waals surface area contributed by atoms with Crippen molar-refractivity contribution in [1.29, 1.82) is 0 Å². The zero-order chi connectivity index (χ0) is 13.6. The molecule has 3 rings (SSSR count). The van der Waals surface area contributed by atoms with Gasteiger partial charge in [-0.2, -0.15) is 0 Å². The highest BCUT2D eigenvalue weighted by molar-refractivity contribution is 5.95. The lowest BCUT2D eigenvalue weighted by Gasteiger charge is -2.35. The number of carbonyl (C=O) groups excluding carboxylic acids is 1. The first-order chi connectivity index (χ1) is 9.00. The molecule has 0 aliphatic carbocycles. The molecule has 19 heavy (non-hydrogen) atoms. The van der Waals surface area contributed by atoms with Crippen LogP contribution in [0.3, 0.4) is 0 Å². The summed E-state index contributed by atoms with van der Waals surface area (Å²) in [4.78, 5) is 18.4. The highest BCUT2D eigenvalue weighted by Crippen LogP contribution is 2.41. The van der Waals surface area contributed by atoms with E-state index in [4.69, 9.17) is 0 Å². The number of pyridine rings is 1. The Bertz CT molecular complexity index is 515. The minimum atomic E-state index is -0.156. The Morgan fingerprint density at radius 3 is 2.95 bits per heavy atom. The van der Waals surface area contributed by atoms with Crippen molar-refractivity contribution in [3.05, 3.63) is 24.0 Å². The van der Waals surface area contributed by atoms with Gasteiger partial charge < -0.3 is 15.3 Å². The predicted octanol–water partition coefficient (Wildman–Crippen LogP) is 0.857. The van der Waals surface area contributed by atoms with E-state index in [9.17, 15) is 9.90 Å². The van der Waals surface area contributed by atoms with Crippen molar-refractivity contribution < 1.29 is 9.90 Å². The molecule has 2 unspecified atom stereocenters. The number of nitrogens with one attached hydrogen (secondary N) is 1. The van der Waals surface area contributed by atoms with Crippen molar-refractivity contribution in [2.75, 3.05) is 19.6 Å². The number of nitrogens with zero attached hydrogens (tertiary/aromatic N) is 2. The minimum Gasteiger partial charge on any atom is -0.506 e. The quantitative estimate of drug-likeness (QED) is 0.787. The molecular weight excluding hydrogens is 242 g/mol. The third-order valence-corrected chi connectivity index (χ3v) is 4.58. The lowest BCUT2D eigenvalue weighted by atomic mass is 9.85. The second-order valence-corrected chi connectivity index (χ2v) is 6.03. The first kappa shape index (κ1) is 12.4. The molecule has 0 aromatic carbocycles. The molecule has 3 heterocycles. The van der Waals surface area contributed by atoms with Gasteiger partial charge in [-0.1, -0.05) is 0 Å². The zero-order valence-corrected chi connectivity index (χ0v) is 11.3. The second kappa shape index (κ2) is 4.20. The first-order valence-electron chi connectivity index (χ1n) is 6.67. The topological polar surface area (TPSA) is 65.5 Å². The highest BCUT2D eigenvalue weighted by Gasteiger charge is 2.51. The van der Waals surface area contributed by atoms with Crippen molar-refractivity contribution >= 4 is 5.91 Å². The highest BCUT2D eigenvalue weighted by atomic mass is 16.3. The van der Waals surface area contributed by atoms with Crippen LogP contribution in [0.1, 0.15) is 24.2 Å². The summed E-state index contributed by atoms with van der Waals surface area (Å²) in [5, 5.41) is 12.9. The van der Waals surface area contributed by atoms with Gasteiger partial charge in [0.1, 0.15) is 5.75 Å². The van der Waals surface area contributed by atoms with Crippen LogP contribution in [0.4, 0.5) is 0 Å². The molecule has 5 nitrogen and oxygen atoms in total. The Balaban J connectivity index is 1.88. The predicted molar refractivity (Wildman–Crippen MR) is 70.9 cm³/mol. The van der Waals surface area contributed by atoms with Gasteiger partial charge in [-0.25, -0.2) is 0 Å². The van der Waals surface area contributed by atoms with E-state index in [0.29, 0.717) is 17.4 Å². The summed E-state index contributed by atoms with van der Waals surface area (Å²) in [6.07, 6.45) is 2.86. The number of aromatic nitrogens is 1. The fraction of sp³-hybridized carbons (Fsp3) is 0.571. The van der Waals surface area contributed by atoms with Crippen molar-refractivity contribution in [2.24, 2.45) is 11.8 Å². The molecular formula is C14H19N3O2. The van der Waals surface area contributed by atoms with Crippen molar-refractivity contribution in [3.8, 4) is 5.75 Å². The molecule has 5 heteroatoms. The van der Waals surface area contributed by atoms with Crippen molar-refractivity contribution in [3.63, 3.8) is 0 Å². The summed E-state index contributed by atoms with van der Waals surface area (Å²) >= 11 is 0. The van der Waals surface area contributed by atoms with Crippen molar-refractivity contribution in [1.82, 2.24) is 15.2 Å². The largest absolute Gasteiger partial charge is 0.506 e. The summed E-state index contributed by atoms with van der Waals surface area (Å²) in [5.74, 6) is 1.03. The smallest absolute Gasteiger partial charge is 0.256 e.